The number of hydrogen-bond acceptors (Lipinski definition) is 8. The number of benzene rings is 2. The van der Waals surface area contributed by atoms with Gasteiger partial charge in [0.15, 0.2) is 0 Å². The SMILES string of the molecule is CCN1CCN(C(=O)c2cc3ccc(Oc4cnc(-c5nc(-c6ccc(C(F)(F)F)cc6)no5)cn4)cc3n2C)CC1. The predicted octanol–water partition coefficient (Wildman–Crippen LogP) is 5.27. The van der Waals surface area contributed by atoms with Crippen molar-refractivity contribution in [3.05, 3.63) is 72.2 Å². The van der Waals surface area contributed by atoms with Crippen LogP contribution < -0.4 is 4.74 Å². The number of likely N-dealkylation sites (N-methyl/N-ethyl adjacent to an activating group) is 1. The Morgan fingerprint density at radius 3 is 2.43 bits per heavy atom. The Bertz CT molecular complexity index is 1720. The van der Waals surface area contributed by atoms with E-state index in [0.717, 1.165) is 42.7 Å². The van der Waals surface area contributed by atoms with Gasteiger partial charge in [-0.3, -0.25) is 4.79 Å². The normalized spacial score (nSPS) is 14.5. The van der Waals surface area contributed by atoms with E-state index >= 15 is 0 Å². The first-order chi connectivity index (χ1) is 20.2. The molecule has 1 aliphatic heterocycles. The summed E-state index contributed by atoms with van der Waals surface area (Å²) in [5.74, 6) is 0.930. The summed E-state index contributed by atoms with van der Waals surface area (Å²) in [6, 6.07) is 11.9. The lowest BCUT2D eigenvalue weighted by Gasteiger charge is -2.34. The second kappa shape index (κ2) is 10.9. The fraction of sp³-hybridized carbons (Fsp3) is 0.276. The van der Waals surface area contributed by atoms with Crippen LogP contribution in [0.2, 0.25) is 0 Å². The van der Waals surface area contributed by atoms with Gasteiger partial charge in [-0.2, -0.15) is 18.2 Å². The lowest BCUT2D eigenvalue weighted by molar-refractivity contribution is -0.137. The van der Waals surface area contributed by atoms with Crippen LogP contribution in [0, 0.1) is 0 Å². The second-order valence-corrected chi connectivity index (χ2v) is 9.88. The second-order valence-electron chi connectivity index (χ2n) is 9.88. The number of aryl methyl sites for hydroxylation is 1. The molecule has 1 fully saturated rings. The molecule has 0 radical (unpaired) electrons. The van der Waals surface area contributed by atoms with Crippen LogP contribution in [0.1, 0.15) is 23.0 Å². The molecule has 2 aromatic carbocycles. The van der Waals surface area contributed by atoms with E-state index in [9.17, 15) is 18.0 Å². The molecule has 216 valence electrons. The summed E-state index contributed by atoms with van der Waals surface area (Å²) >= 11 is 0. The maximum Gasteiger partial charge on any atom is 0.416 e. The van der Waals surface area contributed by atoms with Crippen molar-refractivity contribution in [1.82, 2.24) is 34.5 Å². The number of fused-ring (bicyclic) bond motifs is 1. The van der Waals surface area contributed by atoms with Gasteiger partial charge in [0.1, 0.15) is 17.1 Å². The maximum atomic E-state index is 13.2. The van der Waals surface area contributed by atoms with Crippen molar-refractivity contribution in [2.45, 2.75) is 13.1 Å². The Hall–Kier alpha value is -4.78. The van der Waals surface area contributed by atoms with Crippen molar-refractivity contribution in [3.63, 3.8) is 0 Å². The van der Waals surface area contributed by atoms with E-state index in [1.807, 2.05) is 34.7 Å². The highest BCUT2D eigenvalue weighted by Crippen LogP contribution is 2.31. The fourth-order valence-corrected chi connectivity index (χ4v) is 4.86. The average Bonchev–Trinajstić information content (AvgIpc) is 3.62. The Morgan fingerprint density at radius 2 is 1.76 bits per heavy atom. The molecule has 6 rings (SSSR count). The highest BCUT2D eigenvalue weighted by atomic mass is 19.4. The molecule has 0 N–H and O–H groups in total. The van der Waals surface area contributed by atoms with Crippen LogP contribution in [0.5, 0.6) is 11.6 Å². The van der Waals surface area contributed by atoms with Gasteiger partial charge in [0.05, 0.1) is 23.5 Å². The molecule has 0 unspecified atom stereocenters. The summed E-state index contributed by atoms with van der Waals surface area (Å²) in [6.45, 7) is 6.26. The number of nitrogens with zero attached hydrogens (tertiary/aromatic N) is 7. The van der Waals surface area contributed by atoms with E-state index < -0.39 is 11.7 Å². The zero-order valence-corrected chi connectivity index (χ0v) is 22.8. The van der Waals surface area contributed by atoms with Crippen LogP contribution in [-0.4, -0.2) is 73.1 Å². The first-order valence-electron chi connectivity index (χ1n) is 13.3. The smallest absolute Gasteiger partial charge is 0.416 e. The van der Waals surface area contributed by atoms with Gasteiger partial charge in [-0.25, -0.2) is 9.97 Å². The van der Waals surface area contributed by atoms with Gasteiger partial charge in [0.2, 0.25) is 11.7 Å². The Kier molecular flexibility index (Phi) is 7.11. The quantitative estimate of drug-likeness (QED) is 0.269. The van der Waals surface area contributed by atoms with E-state index in [0.29, 0.717) is 30.1 Å². The number of aromatic nitrogens is 5. The zero-order valence-electron chi connectivity index (χ0n) is 22.8. The minimum atomic E-state index is -4.43. The van der Waals surface area contributed by atoms with Crippen molar-refractivity contribution >= 4 is 16.8 Å². The number of halogens is 3. The molecule has 13 heteroatoms. The lowest BCUT2D eigenvalue weighted by atomic mass is 10.1. The highest BCUT2D eigenvalue weighted by molar-refractivity contribution is 5.99. The van der Waals surface area contributed by atoms with Crippen LogP contribution >= 0.6 is 0 Å². The standard InChI is InChI=1S/C29H26F3N7O3/c1-3-38-10-12-39(13-11-38)28(40)24-14-19-6-9-21(15-23(19)37(24)2)41-25-17-33-22(16-34-25)27-35-26(36-42-27)18-4-7-20(8-5-18)29(30,31)32/h4-9,14-17H,3,10-13H2,1-2H3. The molecular weight excluding hydrogens is 551 g/mol. The molecule has 0 spiro atoms. The van der Waals surface area contributed by atoms with E-state index in [2.05, 4.69) is 31.9 Å². The lowest BCUT2D eigenvalue weighted by Crippen LogP contribution is -2.48. The maximum absolute atomic E-state index is 13.2. The minimum absolute atomic E-state index is 0.0101. The van der Waals surface area contributed by atoms with Crippen LogP contribution in [-0.2, 0) is 13.2 Å². The highest BCUT2D eigenvalue weighted by Gasteiger charge is 2.30. The van der Waals surface area contributed by atoms with Crippen molar-refractivity contribution < 1.29 is 27.2 Å². The van der Waals surface area contributed by atoms with E-state index in [4.69, 9.17) is 9.26 Å². The third-order valence-corrected chi connectivity index (χ3v) is 7.31. The number of hydrogen-bond donors (Lipinski definition) is 0. The molecule has 0 saturated carbocycles. The monoisotopic (exact) mass is 577 g/mol. The van der Waals surface area contributed by atoms with Crippen molar-refractivity contribution in [1.29, 1.82) is 0 Å². The van der Waals surface area contributed by atoms with Gasteiger partial charge < -0.3 is 23.6 Å². The molecule has 1 aliphatic rings. The molecule has 0 bridgehead atoms. The van der Waals surface area contributed by atoms with Gasteiger partial charge in [0.25, 0.3) is 11.8 Å². The molecule has 1 saturated heterocycles. The minimum Gasteiger partial charge on any atom is -0.437 e. The fourth-order valence-electron chi connectivity index (χ4n) is 4.86. The molecule has 3 aromatic heterocycles. The third kappa shape index (κ3) is 5.42. The molecule has 5 aromatic rings. The number of rotatable bonds is 6. The molecule has 42 heavy (non-hydrogen) atoms. The molecule has 4 heterocycles. The number of carbonyl (C=O) groups is 1. The van der Waals surface area contributed by atoms with Gasteiger partial charge in [-0.15, -0.1) is 0 Å². The first-order valence-corrected chi connectivity index (χ1v) is 13.3. The Morgan fingerprint density at radius 1 is 1.00 bits per heavy atom. The topological polar surface area (TPSA) is 102 Å². The van der Waals surface area contributed by atoms with Gasteiger partial charge in [0, 0.05) is 50.2 Å². The number of piperazine rings is 1. The largest absolute Gasteiger partial charge is 0.437 e. The summed E-state index contributed by atoms with van der Waals surface area (Å²) in [5.41, 5.74) is 1.33. The molecule has 0 atom stereocenters. The number of alkyl halides is 3. The van der Waals surface area contributed by atoms with Gasteiger partial charge in [-0.1, -0.05) is 24.2 Å². The molecule has 1 amide bonds. The van der Waals surface area contributed by atoms with Crippen LogP contribution in [0.15, 0.2) is 65.4 Å². The van der Waals surface area contributed by atoms with Crippen molar-refractivity contribution in [3.8, 4) is 34.6 Å². The van der Waals surface area contributed by atoms with Gasteiger partial charge >= 0.3 is 6.18 Å². The Balaban J connectivity index is 1.14. The van der Waals surface area contributed by atoms with Gasteiger partial charge in [-0.05, 0) is 36.9 Å². The van der Waals surface area contributed by atoms with E-state index in [-0.39, 0.29) is 29.2 Å². The number of amides is 1. The summed E-state index contributed by atoms with van der Waals surface area (Å²) in [5, 5.41) is 4.75. The molecule has 10 nitrogen and oxygen atoms in total. The van der Waals surface area contributed by atoms with Crippen LogP contribution in [0.3, 0.4) is 0 Å². The summed E-state index contributed by atoms with van der Waals surface area (Å²) in [7, 11) is 1.86. The average molecular weight is 578 g/mol. The van der Waals surface area contributed by atoms with Crippen LogP contribution in [0.25, 0.3) is 33.9 Å². The first kappa shape index (κ1) is 27.4. The number of ether oxygens (including phenoxy) is 1. The molecular formula is C29H26F3N7O3. The summed E-state index contributed by atoms with van der Waals surface area (Å²) < 4.78 is 51.5. The Labute approximate surface area is 238 Å². The summed E-state index contributed by atoms with van der Waals surface area (Å²) in [4.78, 5) is 30.2. The number of carbonyl (C=O) groups excluding carboxylic acids is 1. The summed E-state index contributed by atoms with van der Waals surface area (Å²) in [6.07, 6.45) is -1.63. The molecule has 0 aliphatic carbocycles. The third-order valence-electron chi connectivity index (χ3n) is 7.31. The predicted molar refractivity (Wildman–Crippen MR) is 147 cm³/mol. The van der Waals surface area contributed by atoms with Crippen molar-refractivity contribution in [2.75, 3.05) is 32.7 Å². The van der Waals surface area contributed by atoms with Crippen molar-refractivity contribution in [2.24, 2.45) is 7.05 Å². The van der Waals surface area contributed by atoms with Crippen LogP contribution in [0.4, 0.5) is 13.2 Å². The van der Waals surface area contributed by atoms with E-state index in [1.165, 1.54) is 24.5 Å². The zero-order chi connectivity index (χ0) is 29.4. The van der Waals surface area contributed by atoms with E-state index in [1.54, 1.807) is 6.07 Å².